The Morgan fingerprint density at radius 1 is 1.04 bits per heavy atom. The molecule has 0 saturated heterocycles. The Morgan fingerprint density at radius 3 is 2.21 bits per heavy atom. The molecule has 1 N–H and O–H groups in total. The van der Waals surface area contributed by atoms with Gasteiger partial charge in [-0.25, -0.2) is 13.2 Å². The molecule has 2 aromatic carbocycles. The fraction of sp³-hybridized carbons (Fsp3) is 0.278. The van der Waals surface area contributed by atoms with Gasteiger partial charge in [-0.3, -0.25) is 0 Å². The van der Waals surface area contributed by atoms with Crippen LogP contribution in [0.5, 0.6) is 0 Å². The van der Waals surface area contributed by atoms with E-state index in [4.69, 9.17) is 0 Å². The van der Waals surface area contributed by atoms with Crippen LogP contribution in [-0.2, 0) is 16.4 Å². The largest absolute Gasteiger partial charge is 0.322 e. The minimum atomic E-state index is -3.24. The van der Waals surface area contributed by atoms with E-state index in [9.17, 15) is 13.2 Å². The third-order valence-electron chi connectivity index (χ3n) is 3.53. The summed E-state index contributed by atoms with van der Waals surface area (Å²) in [6, 6.07) is 15.8. The molecule has 128 valence electrons. The molecule has 2 rings (SSSR count). The highest BCUT2D eigenvalue weighted by molar-refractivity contribution is 7.90. The van der Waals surface area contributed by atoms with Crippen LogP contribution < -0.4 is 5.32 Å². The first-order valence-corrected chi connectivity index (χ1v) is 9.69. The summed E-state index contributed by atoms with van der Waals surface area (Å²) in [5.74, 6) is 0. The van der Waals surface area contributed by atoms with E-state index in [0.717, 1.165) is 18.2 Å². The Labute approximate surface area is 143 Å². The fourth-order valence-electron chi connectivity index (χ4n) is 2.31. The van der Waals surface area contributed by atoms with E-state index in [-0.39, 0.29) is 10.9 Å². The molecule has 0 radical (unpaired) electrons. The van der Waals surface area contributed by atoms with Crippen LogP contribution in [0.15, 0.2) is 59.5 Å². The number of anilines is 1. The number of benzene rings is 2. The van der Waals surface area contributed by atoms with Crippen LogP contribution in [0.25, 0.3) is 0 Å². The molecule has 0 heterocycles. The minimum Gasteiger partial charge on any atom is -0.320 e. The van der Waals surface area contributed by atoms with E-state index in [2.05, 4.69) is 5.32 Å². The zero-order valence-electron chi connectivity index (χ0n) is 13.9. The third-order valence-corrected chi connectivity index (χ3v) is 4.66. The van der Waals surface area contributed by atoms with Crippen LogP contribution in [0.3, 0.4) is 0 Å². The van der Waals surface area contributed by atoms with E-state index in [0.29, 0.717) is 18.8 Å². The topological polar surface area (TPSA) is 66.5 Å². The Kier molecular flexibility index (Phi) is 5.98. The molecule has 0 aliphatic heterocycles. The molecule has 24 heavy (non-hydrogen) atoms. The molecule has 0 bridgehead atoms. The molecule has 0 unspecified atom stereocenters. The van der Waals surface area contributed by atoms with Crippen LogP contribution in [0.1, 0.15) is 18.9 Å². The van der Waals surface area contributed by atoms with E-state index in [1.54, 1.807) is 17.0 Å². The molecule has 6 heteroatoms. The number of carbonyl (C=O) groups is 1. The summed E-state index contributed by atoms with van der Waals surface area (Å²) in [6.45, 7) is 3.19. The number of rotatable bonds is 6. The fourth-order valence-corrected chi connectivity index (χ4v) is 2.94. The van der Waals surface area contributed by atoms with E-state index in [1.165, 1.54) is 12.1 Å². The molecule has 0 atom stereocenters. The molecule has 0 aliphatic rings. The van der Waals surface area contributed by atoms with Gasteiger partial charge in [0, 0.05) is 25.0 Å². The Morgan fingerprint density at radius 2 is 1.67 bits per heavy atom. The zero-order valence-corrected chi connectivity index (χ0v) is 14.7. The highest BCUT2D eigenvalue weighted by Gasteiger charge is 2.14. The standard InChI is InChI=1S/C18H22N2O3S/c1-3-13-20(14-15-7-5-4-6-8-15)18(21)19-16-9-11-17(12-10-16)24(2,22)23/h4-12H,3,13-14H2,1-2H3,(H,19,21). The van der Waals surface area contributed by atoms with Crippen LogP contribution in [0.4, 0.5) is 10.5 Å². The number of amides is 2. The van der Waals surface area contributed by atoms with Crippen molar-refractivity contribution in [3.8, 4) is 0 Å². The van der Waals surface area contributed by atoms with Gasteiger partial charge in [0.25, 0.3) is 0 Å². The van der Waals surface area contributed by atoms with Crippen molar-refractivity contribution in [1.29, 1.82) is 0 Å². The summed E-state index contributed by atoms with van der Waals surface area (Å²) in [5, 5.41) is 2.82. The van der Waals surface area contributed by atoms with Crippen LogP contribution in [0, 0.1) is 0 Å². The lowest BCUT2D eigenvalue weighted by Crippen LogP contribution is -2.35. The van der Waals surface area contributed by atoms with Gasteiger partial charge in [-0.05, 0) is 36.2 Å². The summed E-state index contributed by atoms with van der Waals surface area (Å²) in [5.41, 5.74) is 1.63. The normalized spacial score (nSPS) is 11.1. The number of nitrogens with one attached hydrogen (secondary N) is 1. The van der Waals surface area contributed by atoms with Crippen molar-refractivity contribution in [2.45, 2.75) is 24.8 Å². The quantitative estimate of drug-likeness (QED) is 0.870. The van der Waals surface area contributed by atoms with Gasteiger partial charge < -0.3 is 10.2 Å². The maximum Gasteiger partial charge on any atom is 0.322 e. The summed E-state index contributed by atoms with van der Waals surface area (Å²) in [7, 11) is -3.24. The number of urea groups is 1. The van der Waals surface area contributed by atoms with Gasteiger partial charge in [-0.15, -0.1) is 0 Å². The average molecular weight is 346 g/mol. The van der Waals surface area contributed by atoms with Crippen molar-refractivity contribution in [3.63, 3.8) is 0 Å². The molecule has 0 saturated carbocycles. The van der Waals surface area contributed by atoms with Gasteiger partial charge in [0.15, 0.2) is 9.84 Å². The molecular weight excluding hydrogens is 324 g/mol. The lowest BCUT2D eigenvalue weighted by atomic mass is 10.2. The highest BCUT2D eigenvalue weighted by Crippen LogP contribution is 2.15. The van der Waals surface area contributed by atoms with Gasteiger partial charge in [-0.1, -0.05) is 37.3 Å². The molecule has 2 aromatic rings. The van der Waals surface area contributed by atoms with Crippen molar-refractivity contribution >= 4 is 21.6 Å². The highest BCUT2D eigenvalue weighted by atomic mass is 32.2. The number of nitrogens with zero attached hydrogens (tertiary/aromatic N) is 1. The first-order chi connectivity index (χ1) is 11.4. The van der Waals surface area contributed by atoms with Crippen LogP contribution in [0.2, 0.25) is 0 Å². The zero-order chi connectivity index (χ0) is 17.6. The molecule has 0 fully saturated rings. The first kappa shape index (κ1) is 18.0. The predicted octanol–water partition coefficient (Wildman–Crippen LogP) is 3.53. The van der Waals surface area contributed by atoms with Crippen molar-refractivity contribution in [1.82, 2.24) is 4.90 Å². The lowest BCUT2D eigenvalue weighted by Gasteiger charge is -2.22. The number of sulfone groups is 1. The van der Waals surface area contributed by atoms with E-state index in [1.807, 2.05) is 37.3 Å². The third kappa shape index (κ3) is 5.09. The molecular formula is C18H22N2O3S. The molecule has 0 aromatic heterocycles. The Bertz CT molecular complexity index is 772. The maximum atomic E-state index is 12.5. The second-order valence-electron chi connectivity index (χ2n) is 5.63. The van der Waals surface area contributed by atoms with Gasteiger partial charge >= 0.3 is 6.03 Å². The van der Waals surface area contributed by atoms with Gasteiger partial charge in [-0.2, -0.15) is 0 Å². The van der Waals surface area contributed by atoms with Crippen molar-refractivity contribution < 1.29 is 13.2 Å². The van der Waals surface area contributed by atoms with Crippen molar-refractivity contribution in [2.24, 2.45) is 0 Å². The summed E-state index contributed by atoms with van der Waals surface area (Å²) >= 11 is 0. The smallest absolute Gasteiger partial charge is 0.320 e. The van der Waals surface area contributed by atoms with E-state index < -0.39 is 9.84 Å². The maximum absolute atomic E-state index is 12.5. The number of hydrogen-bond acceptors (Lipinski definition) is 3. The molecule has 2 amide bonds. The van der Waals surface area contributed by atoms with Gasteiger partial charge in [0.05, 0.1) is 4.90 Å². The summed E-state index contributed by atoms with van der Waals surface area (Å²) in [4.78, 5) is 14.5. The number of hydrogen-bond donors (Lipinski definition) is 1. The molecule has 0 spiro atoms. The monoisotopic (exact) mass is 346 g/mol. The summed E-state index contributed by atoms with van der Waals surface area (Å²) in [6.07, 6.45) is 2.01. The second-order valence-corrected chi connectivity index (χ2v) is 7.65. The molecule has 5 nitrogen and oxygen atoms in total. The van der Waals surface area contributed by atoms with Crippen molar-refractivity contribution in [3.05, 3.63) is 60.2 Å². The average Bonchev–Trinajstić information content (AvgIpc) is 2.55. The van der Waals surface area contributed by atoms with Crippen LogP contribution >= 0.6 is 0 Å². The predicted molar refractivity (Wildman–Crippen MR) is 95.7 cm³/mol. The van der Waals surface area contributed by atoms with Crippen molar-refractivity contribution in [2.75, 3.05) is 18.1 Å². The van der Waals surface area contributed by atoms with Crippen LogP contribution in [-0.4, -0.2) is 32.1 Å². The lowest BCUT2D eigenvalue weighted by molar-refractivity contribution is 0.209. The molecule has 0 aliphatic carbocycles. The van der Waals surface area contributed by atoms with E-state index >= 15 is 0 Å². The Balaban J connectivity index is 2.07. The SMILES string of the molecule is CCCN(Cc1ccccc1)C(=O)Nc1ccc(S(C)(=O)=O)cc1. The minimum absolute atomic E-state index is 0.201. The first-order valence-electron chi connectivity index (χ1n) is 7.80. The van der Waals surface area contributed by atoms with Gasteiger partial charge in [0.2, 0.25) is 0 Å². The second kappa shape index (κ2) is 7.97. The summed E-state index contributed by atoms with van der Waals surface area (Å²) < 4.78 is 22.9. The Hall–Kier alpha value is -2.34. The van der Waals surface area contributed by atoms with Gasteiger partial charge in [0.1, 0.15) is 0 Å². The number of carbonyl (C=O) groups excluding carboxylic acids is 1.